The molecule has 2 rings (SSSR count). The van der Waals surface area contributed by atoms with Gasteiger partial charge < -0.3 is 4.74 Å². The summed E-state index contributed by atoms with van der Waals surface area (Å²) in [4.78, 5) is 23.6. The second-order valence-electron chi connectivity index (χ2n) is 4.65. The van der Waals surface area contributed by atoms with Crippen LogP contribution in [0.2, 0.25) is 0 Å². The summed E-state index contributed by atoms with van der Waals surface area (Å²) in [5.74, 6) is 0.425. The van der Waals surface area contributed by atoms with E-state index in [1.165, 1.54) is 0 Å². The van der Waals surface area contributed by atoms with E-state index in [0.717, 1.165) is 5.56 Å². The second kappa shape index (κ2) is 4.99. The Balaban J connectivity index is 2.27. The Labute approximate surface area is 120 Å². The minimum absolute atomic E-state index is 0.135. The molecular weight excluding hydrogens is 343 g/mol. The van der Waals surface area contributed by atoms with Crippen molar-refractivity contribution in [2.24, 2.45) is 0 Å². The van der Waals surface area contributed by atoms with Crippen molar-refractivity contribution >= 4 is 34.3 Å². The van der Waals surface area contributed by atoms with Crippen molar-refractivity contribution in [1.29, 1.82) is 0 Å². The summed E-state index contributed by atoms with van der Waals surface area (Å²) in [6.07, 6.45) is 1.89. The van der Waals surface area contributed by atoms with Crippen LogP contribution in [0.5, 0.6) is 5.75 Å². The lowest BCUT2D eigenvalue weighted by Crippen LogP contribution is -2.32. The summed E-state index contributed by atoms with van der Waals surface area (Å²) in [5, 5.41) is 0. The first kappa shape index (κ1) is 13.5. The van der Waals surface area contributed by atoms with Crippen LogP contribution in [-0.4, -0.2) is 15.2 Å². The van der Waals surface area contributed by atoms with Gasteiger partial charge in [-0.25, -0.2) is 0 Å². The number of rotatable bonds is 3. The van der Waals surface area contributed by atoms with E-state index in [2.05, 4.69) is 22.6 Å². The third-order valence-electron chi connectivity index (χ3n) is 3.33. The highest BCUT2D eigenvalue weighted by Gasteiger charge is 2.31. The fraction of sp³-hybridized carbons (Fsp3) is 0.429. The van der Waals surface area contributed by atoms with Crippen LogP contribution < -0.4 is 4.74 Å². The minimum atomic E-state index is -0.525. The van der Waals surface area contributed by atoms with Gasteiger partial charge in [-0.1, -0.05) is 41.6 Å². The van der Waals surface area contributed by atoms with Crippen LogP contribution >= 0.6 is 22.6 Å². The Morgan fingerprint density at radius 1 is 1.44 bits per heavy atom. The van der Waals surface area contributed by atoms with Gasteiger partial charge in [0.05, 0.1) is 0 Å². The van der Waals surface area contributed by atoms with E-state index in [9.17, 15) is 9.59 Å². The molecule has 1 aliphatic carbocycles. The van der Waals surface area contributed by atoms with Crippen LogP contribution in [0.25, 0.3) is 0 Å². The van der Waals surface area contributed by atoms with E-state index in [1.807, 2.05) is 13.8 Å². The molecule has 1 unspecified atom stereocenters. The minimum Gasteiger partial charge on any atom is -0.425 e. The molecule has 0 saturated carbocycles. The molecule has 0 spiro atoms. The van der Waals surface area contributed by atoms with E-state index >= 15 is 0 Å². The van der Waals surface area contributed by atoms with Gasteiger partial charge in [0.1, 0.15) is 9.17 Å². The molecule has 0 bridgehead atoms. The van der Waals surface area contributed by atoms with Gasteiger partial charge in [0.15, 0.2) is 5.78 Å². The smallest absolute Gasteiger partial charge is 0.327 e. The quantitative estimate of drug-likeness (QED) is 0.360. The summed E-state index contributed by atoms with van der Waals surface area (Å²) in [7, 11) is 0. The van der Waals surface area contributed by atoms with E-state index in [-0.39, 0.29) is 11.8 Å². The molecule has 96 valence electrons. The molecule has 0 fully saturated rings. The predicted molar refractivity (Wildman–Crippen MR) is 77.4 cm³/mol. The van der Waals surface area contributed by atoms with Gasteiger partial charge in [0, 0.05) is 17.5 Å². The summed E-state index contributed by atoms with van der Waals surface area (Å²) in [6.45, 7) is 3.80. The Kier molecular flexibility index (Phi) is 3.75. The molecule has 1 aromatic carbocycles. The van der Waals surface area contributed by atoms with Crippen molar-refractivity contribution in [2.75, 3.05) is 0 Å². The molecule has 0 radical (unpaired) electrons. The molecule has 0 saturated heterocycles. The molecule has 18 heavy (non-hydrogen) atoms. The van der Waals surface area contributed by atoms with Gasteiger partial charge in [-0.05, 0) is 25.8 Å². The maximum Gasteiger partial charge on any atom is 0.327 e. The lowest BCUT2D eigenvalue weighted by Gasteiger charge is -2.19. The molecule has 1 aliphatic rings. The highest BCUT2D eigenvalue weighted by Crippen LogP contribution is 2.32. The van der Waals surface area contributed by atoms with Crippen molar-refractivity contribution in [3.8, 4) is 5.75 Å². The number of esters is 1. The first-order valence-corrected chi connectivity index (χ1v) is 7.10. The summed E-state index contributed by atoms with van der Waals surface area (Å²) in [5.41, 5.74) is 1.58. The fourth-order valence-electron chi connectivity index (χ4n) is 1.90. The van der Waals surface area contributed by atoms with Gasteiger partial charge in [0.2, 0.25) is 0 Å². The molecule has 0 amide bonds. The standard InChI is InChI=1S/C14H15IO3/c1-3-14(2,15)13(17)18-12-6-4-5-9-10(12)7-8-11(9)16/h4-6H,3,7-8H2,1-2H3. The molecule has 0 heterocycles. The predicted octanol–water partition coefficient (Wildman–Crippen LogP) is 3.32. The number of alkyl halides is 1. The second-order valence-corrected chi connectivity index (χ2v) is 7.03. The van der Waals surface area contributed by atoms with Gasteiger partial charge in [-0.2, -0.15) is 0 Å². The number of ketones is 1. The number of halogens is 1. The number of carbonyl (C=O) groups is 2. The maximum absolute atomic E-state index is 12.0. The van der Waals surface area contributed by atoms with Crippen molar-refractivity contribution < 1.29 is 14.3 Å². The topological polar surface area (TPSA) is 43.4 Å². The molecule has 1 atom stereocenters. The number of benzene rings is 1. The Morgan fingerprint density at radius 3 is 2.83 bits per heavy atom. The van der Waals surface area contributed by atoms with Gasteiger partial charge >= 0.3 is 5.97 Å². The molecular formula is C14H15IO3. The molecule has 0 aliphatic heterocycles. The van der Waals surface area contributed by atoms with Crippen LogP contribution in [0.4, 0.5) is 0 Å². The third-order valence-corrected chi connectivity index (χ3v) is 4.53. The van der Waals surface area contributed by atoms with Crippen LogP contribution in [0.1, 0.15) is 42.6 Å². The summed E-state index contributed by atoms with van der Waals surface area (Å²) < 4.78 is 4.94. The number of hydrogen-bond acceptors (Lipinski definition) is 3. The van der Waals surface area contributed by atoms with E-state index in [0.29, 0.717) is 30.6 Å². The monoisotopic (exact) mass is 358 g/mol. The summed E-state index contributed by atoms with van der Waals surface area (Å²) in [6, 6.07) is 5.32. The Hall–Kier alpha value is -0.910. The van der Waals surface area contributed by atoms with E-state index < -0.39 is 3.42 Å². The third kappa shape index (κ3) is 2.43. The number of Topliss-reactive ketones (excluding diaryl/α,β-unsaturated/α-hetero) is 1. The van der Waals surface area contributed by atoms with Gasteiger partial charge in [-0.3, -0.25) is 9.59 Å². The average molecular weight is 358 g/mol. The highest BCUT2D eigenvalue weighted by atomic mass is 127. The molecule has 3 nitrogen and oxygen atoms in total. The SMILES string of the molecule is CCC(C)(I)C(=O)Oc1cccc2c1CCC2=O. The van der Waals surface area contributed by atoms with E-state index in [1.54, 1.807) is 18.2 Å². The van der Waals surface area contributed by atoms with Gasteiger partial charge in [0.25, 0.3) is 0 Å². The maximum atomic E-state index is 12.0. The number of ether oxygens (including phenoxy) is 1. The normalized spacial score (nSPS) is 17.2. The number of hydrogen-bond donors (Lipinski definition) is 0. The van der Waals surface area contributed by atoms with Crippen molar-refractivity contribution in [3.05, 3.63) is 29.3 Å². The van der Waals surface area contributed by atoms with Crippen LogP contribution in [0, 0.1) is 0 Å². The fourth-order valence-corrected chi connectivity index (χ4v) is 2.01. The zero-order chi connectivity index (χ0) is 13.3. The molecule has 4 heteroatoms. The molecule has 0 N–H and O–H groups in total. The average Bonchev–Trinajstić information content (AvgIpc) is 2.72. The van der Waals surface area contributed by atoms with Crippen molar-refractivity contribution in [2.45, 2.75) is 36.5 Å². The zero-order valence-corrected chi connectivity index (χ0v) is 12.6. The van der Waals surface area contributed by atoms with Crippen molar-refractivity contribution in [3.63, 3.8) is 0 Å². The zero-order valence-electron chi connectivity index (χ0n) is 10.5. The Bertz CT molecular complexity index is 506. The van der Waals surface area contributed by atoms with Crippen LogP contribution in [0.15, 0.2) is 18.2 Å². The highest BCUT2D eigenvalue weighted by molar-refractivity contribution is 14.1. The Morgan fingerprint density at radius 2 is 2.17 bits per heavy atom. The lowest BCUT2D eigenvalue weighted by molar-refractivity contribution is -0.136. The first-order valence-electron chi connectivity index (χ1n) is 6.02. The number of fused-ring (bicyclic) bond motifs is 1. The van der Waals surface area contributed by atoms with Crippen LogP contribution in [-0.2, 0) is 11.2 Å². The van der Waals surface area contributed by atoms with Crippen LogP contribution in [0.3, 0.4) is 0 Å². The molecule has 0 aromatic heterocycles. The van der Waals surface area contributed by atoms with Crippen molar-refractivity contribution in [1.82, 2.24) is 0 Å². The van der Waals surface area contributed by atoms with Gasteiger partial charge in [-0.15, -0.1) is 0 Å². The largest absolute Gasteiger partial charge is 0.425 e. The van der Waals surface area contributed by atoms with E-state index in [4.69, 9.17) is 4.74 Å². The first-order chi connectivity index (χ1) is 8.45. The molecule has 1 aromatic rings. The number of carbonyl (C=O) groups excluding carboxylic acids is 2. The summed E-state index contributed by atoms with van der Waals surface area (Å²) >= 11 is 2.10. The lowest BCUT2D eigenvalue weighted by atomic mass is 10.1.